The molecule has 8 atom stereocenters. The molecule has 0 aliphatic carbocycles. The average Bonchev–Trinajstić information content (AvgIpc) is 3.62. The lowest BCUT2D eigenvalue weighted by Gasteiger charge is -2.31. The second kappa shape index (κ2) is 34.1. The smallest absolute Gasteiger partial charge is 0.408 e. The lowest BCUT2D eigenvalue weighted by Crippen LogP contribution is -2.62. The molecule has 474 valence electrons. The summed E-state index contributed by atoms with van der Waals surface area (Å²) in [6.07, 6.45) is 1.06. The summed E-state index contributed by atoms with van der Waals surface area (Å²) in [4.78, 5) is 162. The number of aromatic nitrogens is 2. The van der Waals surface area contributed by atoms with Crippen LogP contribution in [0.1, 0.15) is 82.2 Å². The Balaban J connectivity index is 1.37. The van der Waals surface area contributed by atoms with E-state index in [1.807, 2.05) is 0 Å². The second-order valence-corrected chi connectivity index (χ2v) is 21.5. The first-order valence-corrected chi connectivity index (χ1v) is 28.4. The normalized spacial score (nSPS) is 15.4. The molecule has 88 heavy (non-hydrogen) atoms. The Hall–Kier alpha value is -10.2. The number of carbonyl (C=O) groups is 10. The van der Waals surface area contributed by atoms with Gasteiger partial charge in [-0.1, -0.05) is 106 Å². The highest BCUT2D eigenvalue weighted by Gasteiger charge is 2.41. The Morgan fingerprint density at radius 1 is 0.705 bits per heavy atom. The quantitative estimate of drug-likeness (QED) is 0.00737. The number of ether oxygens (including phenoxy) is 2. The Kier molecular flexibility index (Phi) is 26.6. The Morgan fingerprint density at radius 2 is 1.26 bits per heavy atom. The molecule has 4 aromatic rings. The lowest BCUT2D eigenvalue weighted by atomic mass is 9.98. The number of esters is 1. The number of phenolic OH excluding ortho intramolecular Hbond substituents is 1. The lowest BCUT2D eigenvalue weighted by molar-refractivity contribution is -0.525. The molecule has 14 N–H and O–H groups in total. The van der Waals surface area contributed by atoms with Crippen molar-refractivity contribution in [2.45, 2.75) is 134 Å². The molecule has 0 unspecified atom stereocenters. The first-order valence-electron chi connectivity index (χ1n) is 28.4. The molecule has 0 spiro atoms. The largest absolute Gasteiger partial charge is 0.508 e. The van der Waals surface area contributed by atoms with Crippen molar-refractivity contribution in [2.75, 3.05) is 20.2 Å². The highest BCUT2D eigenvalue weighted by atomic mass is 16.7. The highest BCUT2D eigenvalue weighted by Crippen LogP contribution is 2.21. The maximum absolute atomic E-state index is 14.7. The second-order valence-electron chi connectivity index (χ2n) is 21.5. The summed E-state index contributed by atoms with van der Waals surface area (Å²) in [5.74, 6) is -9.69. The summed E-state index contributed by atoms with van der Waals surface area (Å²) in [5.41, 5.74) is 14.9. The number of benzene rings is 3. The number of aromatic amines is 1. The summed E-state index contributed by atoms with van der Waals surface area (Å²) < 4.78 is 10.2. The molecule has 0 radical (unpaired) electrons. The van der Waals surface area contributed by atoms with E-state index in [4.69, 9.17) is 20.9 Å². The van der Waals surface area contributed by atoms with Crippen LogP contribution in [0.3, 0.4) is 0 Å². The van der Waals surface area contributed by atoms with E-state index in [0.717, 1.165) is 5.56 Å². The zero-order valence-electron chi connectivity index (χ0n) is 49.4. The minimum Gasteiger partial charge on any atom is -0.508 e. The van der Waals surface area contributed by atoms with Gasteiger partial charge in [-0.15, -0.1) is 0 Å². The first-order chi connectivity index (χ1) is 41.9. The van der Waals surface area contributed by atoms with Crippen molar-refractivity contribution in [3.63, 3.8) is 0 Å². The van der Waals surface area contributed by atoms with Crippen LogP contribution in [0.5, 0.6) is 5.75 Å². The number of nitrogens with zero attached hydrogens (tertiary/aromatic N) is 4. The maximum Gasteiger partial charge on any atom is 0.408 e. The van der Waals surface area contributed by atoms with Gasteiger partial charge < -0.3 is 73.1 Å². The number of methoxy groups -OCH3 is 1. The van der Waals surface area contributed by atoms with Crippen LogP contribution in [0.4, 0.5) is 4.79 Å². The number of nitrogens with one attached hydrogen (secondary N) is 9. The summed E-state index contributed by atoms with van der Waals surface area (Å²) in [5, 5.41) is 38.3. The van der Waals surface area contributed by atoms with Crippen molar-refractivity contribution < 1.29 is 67.6 Å². The number of carbonyl (C=O) groups excluding carboxylic acids is 10. The number of imidazole rings is 1. The summed E-state index contributed by atoms with van der Waals surface area (Å²) >= 11 is 0. The summed E-state index contributed by atoms with van der Waals surface area (Å²) in [6.45, 7) is 6.11. The van der Waals surface area contributed by atoms with Crippen LogP contribution < -0.4 is 54.1 Å². The number of hydrazine groups is 1. The predicted octanol–water partition coefficient (Wildman–Crippen LogP) is -0.425. The molecule has 1 aliphatic rings. The van der Waals surface area contributed by atoms with Gasteiger partial charge >= 0.3 is 12.1 Å². The van der Waals surface area contributed by atoms with Crippen LogP contribution in [0.15, 0.2) is 102 Å². The van der Waals surface area contributed by atoms with Crippen LogP contribution in [0.25, 0.3) is 0 Å². The van der Waals surface area contributed by atoms with Crippen molar-refractivity contribution in [3.05, 3.63) is 130 Å². The van der Waals surface area contributed by atoms with Gasteiger partial charge in [0.05, 0.1) is 19.9 Å². The van der Waals surface area contributed by atoms with Gasteiger partial charge in [0.1, 0.15) is 60.7 Å². The minimum atomic E-state index is -1.67. The van der Waals surface area contributed by atoms with Gasteiger partial charge in [-0.3, -0.25) is 38.4 Å². The van der Waals surface area contributed by atoms with Gasteiger partial charge in [0.2, 0.25) is 47.3 Å². The van der Waals surface area contributed by atoms with Crippen LogP contribution in [-0.4, -0.2) is 159 Å². The van der Waals surface area contributed by atoms with Crippen LogP contribution in [0, 0.1) is 22.0 Å². The topological polar surface area (TPSA) is 445 Å². The fraction of sp³-hybridized carbons (Fsp3) is 0.448. The van der Waals surface area contributed by atoms with Crippen LogP contribution in [0.2, 0.25) is 0 Å². The molecular weight excluding hydrogens is 1150 g/mol. The van der Waals surface area contributed by atoms with E-state index in [1.165, 1.54) is 48.8 Å². The number of rotatable bonds is 32. The Labute approximate surface area is 507 Å². The number of aromatic hydroxyl groups is 1. The number of H-pyrrole nitrogens is 1. The number of primary amides is 1. The number of hydrogen-bond acceptors (Lipinski definition) is 17. The minimum absolute atomic E-state index is 0.0635. The molecule has 2 heterocycles. The van der Waals surface area contributed by atoms with Crippen molar-refractivity contribution in [3.8, 4) is 5.75 Å². The third-order valence-electron chi connectivity index (χ3n) is 14.0. The van der Waals surface area contributed by atoms with E-state index in [9.17, 15) is 63.2 Å². The fourth-order valence-electron chi connectivity index (χ4n) is 9.43. The van der Waals surface area contributed by atoms with E-state index >= 15 is 0 Å². The van der Waals surface area contributed by atoms with Crippen molar-refractivity contribution in [1.29, 1.82) is 0 Å². The van der Waals surface area contributed by atoms with Gasteiger partial charge in [-0.25, -0.2) is 29.7 Å². The number of phenols is 1. The molecule has 1 fully saturated rings. The van der Waals surface area contributed by atoms with Gasteiger partial charge in [0, 0.05) is 44.2 Å². The fourth-order valence-corrected chi connectivity index (χ4v) is 9.43. The van der Waals surface area contributed by atoms with Crippen molar-refractivity contribution >= 4 is 65.3 Å². The molecule has 0 bridgehead atoms. The predicted molar refractivity (Wildman–Crippen MR) is 315 cm³/mol. The Bertz CT molecular complexity index is 3060. The Morgan fingerprint density at radius 3 is 1.83 bits per heavy atom. The van der Waals surface area contributed by atoms with E-state index in [0.29, 0.717) is 23.2 Å². The van der Waals surface area contributed by atoms with Crippen LogP contribution >= 0.6 is 0 Å². The number of likely N-dealkylation sites (tertiary alicyclic amines) is 1. The van der Waals surface area contributed by atoms with Crippen molar-refractivity contribution in [2.24, 2.45) is 28.3 Å². The van der Waals surface area contributed by atoms with E-state index < -0.39 is 137 Å². The van der Waals surface area contributed by atoms with Crippen molar-refractivity contribution in [1.82, 2.24) is 57.5 Å². The number of alkyl carbamates (subject to hydrolysis) is 1. The third kappa shape index (κ3) is 22.0. The molecule has 5 rings (SSSR count). The zero-order valence-corrected chi connectivity index (χ0v) is 49.4. The molecule has 3 aromatic carbocycles. The molecule has 1 saturated heterocycles. The van der Waals surface area contributed by atoms with Gasteiger partial charge in [0.15, 0.2) is 5.03 Å². The third-order valence-corrected chi connectivity index (χ3v) is 14.0. The van der Waals surface area contributed by atoms with Gasteiger partial charge in [-0.2, -0.15) is 0 Å². The number of nitro groups is 1. The number of hydrogen-bond donors (Lipinski definition) is 12. The van der Waals surface area contributed by atoms with Crippen LogP contribution in [-0.2, 0) is 78.5 Å². The van der Waals surface area contributed by atoms with Gasteiger partial charge in [0.25, 0.3) is 5.96 Å². The molecule has 0 saturated carbocycles. The first kappa shape index (κ1) is 68.6. The zero-order chi connectivity index (χ0) is 64.5. The molecule has 9 amide bonds. The summed E-state index contributed by atoms with van der Waals surface area (Å²) in [6, 6.07) is 12.2. The number of guanidine groups is 1. The SMILES string of the molecule is COC(=O)[C@H](Cc1ccccc1)NC(=O)[C@@H]1CCCN1C(=O)[C@H](Cc1cnc[nH]1)NC(=O)[C@@H](NC(=O)[C@H](Cc1ccc(O)cc1)NC(=O)[C@@H](NC(=O)[C@H](CCCN=C(N)N[N+](=O)[O-])NC(=O)[C@H](CC(N)=O)NC(=O)OCc1ccccc1)C(C)C)C(C)C. The molecule has 1 aromatic heterocycles. The van der Waals surface area contributed by atoms with E-state index in [2.05, 4.69) is 52.2 Å². The monoisotopic (exact) mass is 1220 g/mol. The average molecular weight is 1220 g/mol. The molecule has 1 aliphatic heterocycles. The molecule has 30 heteroatoms. The standard InChI is InChI=1S/C58H77N15O15/c1-33(2)47(69-49(76)40(18-12-24-62-57(60)71-73(85)86)64-50(77)42(29-46(59)75)68-58(84)88-31-37-16-10-7-11-17-37)53(80)65-41(26-36-20-22-39(74)23-21-36)51(78)70-48(34(3)4)54(81)66-43(28-38-30-61-32-63-38)55(82)72-25-13-19-45(72)52(79)67-44(56(83)87-5)27-35-14-8-6-9-15-35/h6-11,14-17,20-23,30,32-34,40-45,47-48,74H,12-13,18-19,24-29,31H2,1-5H3,(H2,59,75)(H,61,63)(H,64,77)(H,65,80)(H,66,81)(H,67,79)(H,68,84)(H,69,76)(H,70,78)(H3,60,62,71)/t40-,41-,42-,43-,44-,45-,47-,48-/m0/s1. The van der Waals surface area contributed by atoms with Gasteiger partial charge in [-0.05, 0) is 66.3 Å². The summed E-state index contributed by atoms with van der Waals surface area (Å²) in [7, 11) is 1.20. The number of nitrogens with two attached hydrogens (primary N) is 2. The van der Waals surface area contributed by atoms with E-state index in [1.54, 1.807) is 93.8 Å². The molecular formula is C58H77N15O15. The maximum atomic E-state index is 14.7. The number of aliphatic imine (C=N–C) groups is 1. The molecule has 30 nitrogen and oxygen atoms in total. The number of amides is 9. The van der Waals surface area contributed by atoms with E-state index in [-0.39, 0.29) is 64.0 Å². The highest BCUT2D eigenvalue weighted by molar-refractivity contribution is 5.99.